The smallest absolute Gasteiger partial charge is 0.326 e. The zero-order chi connectivity index (χ0) is 18.1. The fourth-order valence-corrected chi connectivity index (χ4v) is 3.30. The average molecular weight is 356 g/mol. The Hall–Kier alpha value is -2.49. The highest BCUT2D eigenvalue weighted by atomic mass is 32.2. The molecule has 1 aromatic carbocycles. The summed E-state index contributed by atoms with van der Waals surface area (Å²) in [6.07, 6.45) is 2.43. The van der Waals surface area contributed by atoms with Gasteiger partial charge in [0.1, 0.15) is 6.04 Å². The largest absolute Gasteiger partial charge is 0.480 e. The molecule has 1 unspecified atom stereocenters. The molecule has 0 aromatic heterocycles. The van der Waals surface area contributed by atoms with Crippen LogP contribution in [-0.2, 0) is 14.6 Å². The van der Waals surface area contributed by atoms with Crippen LogP contribution in [0.25, 0.3) is 0 Å². The van der Waals surface area contributed by atoms with Gasteiger partial charge in [-0.2, -0.15) is 0 Å². The second-order valence-corrected chi connectivity index (χ2v) is 7.61. The molecule has 1 aliphatic rings. The number of hydrogen-bond donors (Lipinski definition) is 1. The molecule has 24 heavy (non-hydrogen) atoms. The maximum atomic E-state index is 12.6. The molecule has 2 rings (SSSR count). The van der Waals surface area contributed by atoms with Gasteiger partial charge >= 0.3 is 5.97 Å². The number of aliphatic carboxylic acids is 1. The minimum atomic E-state index is -3.77. The minimum absolute atomic E-state index is 0.201. The van der Waals surface area contributed by atoms with E-state index in [9.17, 15) is 33.2 Å². The number of nitrogens with zero attached hydrogens (tertiary/aromatic N) is 2. The summed E-state index contributed by atoms with van der Waals surface area (Å²) in [5.41, 5.74) is -0.747. The van der Waals surface area contributed by atoms with Gasteiger partial charge in [-0.3, -0.25) is 14.9 Å². The van der Waals surface area contributed by atoms with Crippen LogP contribution in [0.2, 0.25) is 0 Å². The van der Waals surface area contributed by atoms with Crippen LogP contribution in [0.1, 0.15) is 29.6 Å². The molecule has 1 fully saturated rings. The maximum Gasteiger partial charge on any atom is 0.326 e. The summed E-state index contributed by atoms with van der Waals surface area (Å²) in [5, 5.41) is 20.2. The van der Waals surface area contributed by atoms with E-state index in [-0.39, 0.29) is 23.4 Å². The van der Waals surface area contributed by atoms with Gasteiger partial charge in [0, 0.05) is 30.5 Å². The normalized spacial score (nSPS) is 18.2. The average Bonchev–Trinajstić information content (AvgIpc) is 2.52. The molecular weight excluding hydrogens is 340 g/mol. The molecule has 0 bridgehead atoms. The second-order valence-electron chi connectivity index (χ2n) is 5.59. The molecule has 0 spiro atoms. The van der Waals surface area contributed by atoms with Crippen LogP contribution in [0.15, 0.2) is 23.1 Å². The lowest BCUT2D eigenvalue weighted by molar-refractivity contribution is -0.385. The van der Waals surface area contributed by atoms with Crippen molar-refractivity contribution >= 4 is 27.4 Å². The zero-order valence-corrected chi connectivity index (χ0v) is 13.7. The Kier molecular flexibility index (Phi) is 4.88. The van der Waals surface area contributed by atoms with E-state index in [4.69, 9.17) is 0 Å². The molecule has 130 valence electrons. The van der Waals surface area contributed by atoms with Gasteiger partial charge in [-0.1, -0.05) is 0 Å². The minimum Gasteiger partial charge on any atom is -0.480 e. The van der Waals surface area contributed by atoms with Crippen molar-refractivity contribution in [3.05, 3.63) is 33.9 Å². The number of nitro groups is 1. The lowest BCUT2D eigenvalue weighted by Gasteiger charge is -2.33. The summed E-state index contributed by atoms with van der Waals surface area (Å²) in [7, 11) is -3.77. The number of benzene rings is 1. The van der Waals surface area contributed by atoms with Gasteiger partial charge in [0.15, 0.2) is 9.84 Å². The van der Waals surface area contributed by atoms with E-state index < -0.39 is 38.4 Å². The van der Waals surface area contributed by atoms with E-state index in [1.165, 1.54) is 0 Å². The SMILES string of the molecule is CS(=O)(=O)c1cc(C(=O)N2CCCCC2C(=O)O)cc([N+](=O)[O-])c1. The Morgan fingerprint density at radius 2 is 1.96 bits per heavy atom. The summed E-state index contributed by atoms with van der Waals surface area (Å²) in [5.74, 6) is -1.88. The van der Waals surface area contributed by atoms with Crippen LogP contribution < -0.4 is 0 Å². The second kappa shape index (κ2) is 6.56. The van der Waals surface area contributed by atoms with Gasteiger partial charge in [-0.15, -0.1) is 0 Å². The number of hydrogen-bond acceptors (Lipinski definition) is 6. The number of rotatable bonds is 4. The van der Waals surface area contributed by atoms with Crippen molar-refractivity contribution in [2.24, 2.45) is 0 Å². The van der Waals surface area contributed by atoms with Crippen molar-refractivity contribution < 1.29 is 28.0 Å². The number of carboxylic acid groups (broad SMARTS) is 1. The van der Waals surface area contributed by atoms with Crippen molar-refractivity contribution in [3.63, 3.8) is 0 Å². The fraction of sp³-hybridized carbons (Fsp3) is 0.429. The Morgan fingerprint density at radius 3 is 2.50 bits per heavy atom. The number of non-ortho nitro benzene ring substituents is 1. The first kappa shape index (κ1) is 17.9. The lowest BCUT2D eigenvalue weighted by Crippen LogP contribution is -2.48. The van der Waals surface area contributed by atoms with Crippen molar-refractivity contribution in [2.45, 2.75) is 30.2 Å². The first-order valence-corrected chi connectivity index (χ1v) is 9.03. The molecule has 1 N–H and O–H groups in total. The Morgan fingerprint density at radius 1 is 1.29 bits per heavy atom. The molecule has 1 heterocycles. The third-order valence-corrected chi connectivity index (χ3v) is 4.92. The number of amides is 1. The molecule has 1 atom stereocenters. The summed E-state index contributed by atoms with van der Waals surface area (Å²) >= 11 is 0. The van der Waals surface area contributed by atoms with Gasteiger partial charge in [0.2, 0.25) is 0 Å². The van der Waals surface area contributed by atoms with Crippen molar-refractivity contribution in [1.29, 1.82) is 0 Å². The zero-order valence-electron chi connectivity index (χ0n) is 12.8. The van der Waals surface area contributed by atoms with Crippen LogP contribution in [-0.4, -0.2) is 54.1 Å². The fourth-order valence-electron chi connectivity index (χ4n) is 2.62. The van der Waals surface area contributed by atoms with E-state index in [0.29, 0.717) is 12.8 Å². The summed E-state index contributed by atoms with van der Waals surface area (Å²) in [4.78, 5) is 34.9. The molecule has 1 aromatic rings. The van der Waals surface area contributed by atoms with Crippen molar-refractivity contribution in [1.82, 2.24) is 4.90 Å². The summed E-state index contributed by atoms with van der Waals surface area (Å²) < 4.78 is 23.4. The molecule has 10 heteroatoms. The maximum absolute atomic E-state index is 12.6. The number of sulfone groups is 1. The van der Waals surface area contributed by atoms with E-state index >= 15 is 0 Å². The number of piperidine rings is 1. The number of nitro benzene ring substituents is 1. The van der Waals surface area contributed by atoms with Gasteiger partial charge in [0.05, 0.1) is 9.82 Å². The van der Waals surface area contributed by atoms with E-state index in [0.717, 1.165) is 29.4 Å². The quantitative estimate of drug-likeness (QED) is 0.630. The molecule has 1 amide bonds. The van der Waals surface area contributed by atoms with E-state index in [1.54, 1.807) is 0 Å². The first-order valence-electron chi connectivity index (χ1n) is 7.14. The highest BCUT2D eigenvalue weighted by Crippen LogP contribution is 2.25. The van der Waals surface area contributed by atoms with Gasteiger partial charge in [-0.25, -0.2) is 13.2 Å². The topological polar surface area (TPSA) is 135 Å². The number of likely N-dealkylation sites (tertiary alicyclic amines) is 1. The highest BCUT2D eigenvalue weighted by molar-refractivity contribution is 7.90. The molecule has 9 nitrogen and oxygen atoms in total. The van der Waals surface area contributed by atoms with Gasteiger partial charge < -0.3 is 10.0 Å². The summed E-state index contributed by atoms with van der Waals surface area (Å²) in [6.45, 7) is 0.201. The van der Waals surface area contributed by atoms with Crippen molar-refractivity contribution in [3.8, 4) is 0 Å². The van der Waals surface area contributed by atoms with Crippen LogP contribution in [0.4, 0.5) is 5.69 Å². The third-order valence-electron chi connectivity index (χ3n) is 3.83. The molecule has 1 saturated heterocycles. The first-order chi connectivity index (χ1) is 11.1. The summed E-state index contributed by atoms with van der Waals surface area (Å²) in [6, 6.07) is 1.85. The van der Waals surface area contributed by atoms with Crippen LogP contribution in [0.5, 0.6) is 0 Å². The molecular formula is C14H16N2O7S. The highest BCUT2D eigenvalue weighted by Gasteiger charge is 2.33. The van der Waals surface area contributed by atoms with E-state index in [2.05, 4.69) is 0 Å². The Labute approximate surface area is 138 Å². The predicted molar refractivity (Wildman–Crippen MR) is 82.5 cm³/mol. The van der Waals surface area contributed by atoms with Gasteiger partial charge in [0.25, 0.3) is 11.6 Å². The van der Waals surface area contributed by atoms with Crippen molar-refractivity contribution in [2.75, 3.05) is 12.8 Å². The van der Waals surface area contributed by atoms with Gasteiger partial charge in [-0.05, 0) is 25.3 Å². The Balaban J connectivity index is 2.50. The number of carbonyl (C=O) groups excluding carboxylic acids is 1. The number of carbonyl (C=O) groups is 2. The lowest BCUT2D eigenvalue weighted by atomic mass is 10.0. The molecule has 0 saturated carbocycles. The monoisotopic (exact) mass is 356 g/mol. The molecule has 0 radical (unpaired) electrons. The predicted octanol–water partition coefficient (Wildman–Crippen LogP) is 1.08. The number of carboxylic acids is 1. The van der Waals surface area contributed by atoms with Crippen LogP contribution in [0, 0.1) is 10.1 Å². The van der Waals surface area contributed by atoms with Crippen LogP contribution in [0.3, 0.4) is 0 Å². The standard InChI is InChI=1S/C14H16N2O7S/c1-24(22,23)11-7-9(6-10(8-11)16(20)21)13(17)15-5-3-2-4-12(15)14(18)19/h6-8,12H,2-5H2,1H3,(H,18,19). The van der Waals surface area contributed by atoms with Crippen LogP contribution >= 0.6 is 0 Å². The molecule has 0 aliphatic carbocycles. The molecule has 1 aliphatic heterocycles. The van der Waals surface area contributed by atoms with E-state index in [1.807, 2.05) is 0 Å². The third kappa shape index (κ3) is 3.70. The Bertz CT molecular complexity index is 803.